The summed E-state index contributed by atoms with van der Waals surface area (Å²) >= 11 is 1.89. The number of nitrogens with two attached hydrogens (primary N) is 1. The van der Waals surface area contributed by atoms with Gasteiger partial charge in [0.15, 0.2) is 0 Å². The van der Waals surface area contributed by atoms with Crippen LogP contribution < -0.4 is 21.3 Å². The van der Waals surface area contributed by atoms with E-state index in [4.69, 9.17) is 5.73 Å². The zero-order chi connectivity index (χ0) is 17.6. The van der Waals surface area contributed by atoms with Crippen LogP contribution in [0, 0.1) is 5.92 Å². The van der Waals surface area contributed by atoms with Crippen molar-refractivity contribution in [3.05, 3.63) is 24.3 Å². The summed E-state index contributed by atoms with van der Waals surface area (Å²) in [4.78, 5) is 26.0. The van der Waals surface area contributed by atoms with E-state index in [1.165, 1.54) is 0 Å². The molecule has 1 atom stereocenters. The Morgan fingerprint density at radius 3 is 2.72 bits per heavy atom. The maximum absolute atomic E-state index is 12.4. The van der Waals surface area contributed by atoms with Gasteiger partial charge in [-0.3, -0.25) is 9.59 Å². The van der Waals surface area contributed by atoms with Gasteiger partial charge in [-0.1, -0.05) is 12.1 Å². The molecule has 1 aromatic carbocycles. The van der Waals surface area contributed by atoms with Crippen molar-refractivity contribution in [2.24, 2.45) is 11.7 Å². The van der Waals surface area contributed by atoms with Crippen molar-refractivity contribution in [2.75, 3.05) is 41.4 Å². The number of carbonyl (C=O) groups is 2. The average molecular weight is 362 g/mol. The fraction of sp³-hybridized carbons (Fsp3) is 0.556. The molecule has 0 spiro atoms. The van der Waals surface area contributed by atoms with Gasteiger partial charge in [-0.15, -0.1) is 0 Å². The zero-order valence-corrected chi connectivity index (χ0v) is 15.2. The van der Waals surface area contributed by atoms with Crippen molar-refractivity contribution < 1.29 is 9.59 Å². The normalized spacial score (nSPS) is 21.8. The van der Waals surface area contributed by atoms with Crippen LogP contribution in [0.3, 0.4) is 0 Å². The number of primary amides is 1. The molecule has 2 aliphatic rings. The molecule has 0 radical (unpaired) electrons. The van der Waals surface area contributed by atoms with Crippen LogP contribution in [0.25, 0.3) is 0 Å². The van der Waals surface area contributed by atoms with Gasteiger partial charge in [0.05, 0.1) is 11.4 Å². The molecule has 1 unspecified atom stereocenters. The van der Waals surface area contributed by atoms with E-state index in [0.29, 0.717) is 6.42 Å². The highest BCUT2D eigenvalue weighted by Gasteiger charge is 2.25. The fourth-order valence-electron chi connectivity index (χ4n) is 3.44. The van der Waals surface area contributed by atoms with Crippen LogP contribution in [0.2, 0.25) is 0 Å². The summed E-state index contributed by atoms with van der Waals surface area (Å²) in [6.07, 6.45) is 2.02. The monoisotopic (exact) mass is 362 g/mol. The minimum absolute atomic E-state index is 0.0344. The topological polar surface area (TPSA) is 87.5 Å². The Morgan fingerprint density at radius 2 is 2.04 bits per heavy atom. The molecule has 4 N–H and O–H groups in total. The number of anilines is 2. The molecule has 0 aliphatic carbocycles. The molecule has 0 bridgehead atoms. The van der Waals surface area contributed by atoms with Gasteiger partial charge in [0.25, 0.3) is 0 Å². The Bertz CT molecular complexity index is 611. The first-order valence-electron chi connectivity index (χ1n) is 8.88. The number of hydrogen-bond acceptors (Lipinski definition) is 5. The third kappa shape index (κ3) is 4.89. The van der Waals surface area contributed by atoms with Gasteiger partial charge in [0.2, 0.25) is 11.8 Å². The summed E-state index contributed by atoms with van der Waals surface area (Å²) in [5.41, 5.74) is 7.27. The van der Waals surface area contributed by atoms with E-state index in [9.17, 15) is 9.59 Å². The largest absolute Gasteiger partial charge is 0.370 e. The van der Waals surface area contributed by atoms with Gasteiger partial charge in [0.1, 0.15) is 0 Å². The standard InChI is InChI=1S/C18H26N4O2S/c19-18(24)13-5-8-22(9-6-13)16-4-2-1-3-15(16)21-17(23)11-14-12-25-10-7-20-14/h1-4,13-14,20H,5-12H2,(H2,19,24)(H,21,23). The van der Waals surface area contributed by atoms with Crippen molar-refractivity contribution in [3.63, 3.8) is 0 Å². The minimum atomic E-state index is -0.209. The zero-order valence-electron chi connectivity index (χ0n) is 14.4. The molecular weight excluding hydrogens is 336 g/mol. The first-order chi connectivity index (χ1) is 12.1. The van der Waals surface area contributed by atoms with E-state index in [0.717, 1.165) is 55.4 Å². The lowest BCUT2D eigenvalue weighted by molar-refractivity contribution is -0.122. The molecule has 136 valence electrons. The van der Waals surface area contributed by atoms with Gasteiger partial charge >= 0.3 is 0 Å². The lowest BCUT2D eigenvalue weighted by Crippen LogP contribution is -2.40. The van der Waals surface area contributed by atoms with Crippen LogP contribution in [-0.2, 0) is 9.59 Å². The number of piperidine rings is 1. The molecule has 25 heavy (non-hydrogen) atoms. The molecule has 6 nitrogen and oxygen atoms in total. The van der Waals surface area contributed by atoms with Crippen LogP contribution >= 0.6 is 11.8 Å². The second kappa shape index (κ2) is 8.58. The van der Waals surface area contributed by atoms with Crippen LogP contribution in [0.5, 0.6) is 0 Å². The second-order valence-electron chi connectivity index (χ2n) is 6.66. The van der Waals surface area contributed by atoms with Crippen molar-refractivity contribution >= 4 is 35.0 Å². The number of carbonyl (C=O) groups excluding carboxylic acids is 2. The quantitative estimate of drug-likeness (QED) is 0.737. The molecule has 0 aromatic heterocycles. The molecule has 2 amide bonds. The third-order valence-electron chi connectivity index (χ3n) is 4.85. The molecule has 7 heteroatoms. The van der Waals surface area contributed by atoms with Gasteiger partial charge in [0, 0.05) is 49.5 Å². The molecule has 2 saturated heterocycles. The Balaban J connectivity index is 1.61. The average Bonchev–Trinajstić information content (AvgIpc) is 2.63. The van der Waals surface area contributed by atoms with Crippen LogP contribution in [0.15, 0.2) is 24.3 Å². The smallest absolute Gasteiger partial charge is 0.226 e. The molecule has 2 fully saturated rings. The van der Waals surface area contributed by atoms with Gasteiger partial charge in [-0.25, -0.2) is 0 Å². The summed E-state index contributed by atoms with van der Waals surface area (Å²) in [5.74, 6) is 1.89. The van der Waals surface area contributed by atoms with Crippen molar-refractivity contribution in [2.45, 2.75) is 25.3 Å². The number of nitrogens with one attached hydrogen (secondary N) is 2. The summed E-state index contributed by atoms with van der Waals surface area (Å²) < 4.78 is 0. The van der Waals surface area contributed by atoms with Gasteiger partial charge in [-0.05, 0) is 25.0 Å². The third-order valence-corrected chi connectivity index (χ3v) is 5.98. The Kier molecular flexibility index (Phi) is 6.20. The number of rotatable bonds is 5. The predicted molar refractivity (Wildman–Crippen MR) is 103 cm³/mol. The molecule has 0 saturated carbocycles. The maximum atomic E-state index is 12.4. The number of thioether (sulfide) groups is 1. The van der Waals surface area contributed by atoms with Crippen LogP contribution in [-0.4, -0.2) is 49.0 Å². The SMILES string of the molecule is NC(=O)C1CCN(c2ccccc2NC(=O)CC2CSCCN2)CC1. The second-order valence-corrected chi connectivity index (χ2v) is 7.81. The summed E-state index contributed by atoms with van der Waals surface area (Å²) in [6, 6.07) is 8.12. The van der Waals surface area contributed by atoms with Gasteiger partial charge in [-0.2, -0.15) is 11.8 Å². The maximum Gasteiger partial charge on any atom is 0.226 e. The molecular formula is C18H26N4O2S. The first kappa shape index (κ1) is 18.1. The van der Waals surface area contributed by atoms with Gasteiger partial charge < -0.3 is 21.3 Å². The number of amides is 2. The Labute approximate surface area is 152 Å². The predicted octanol–water partition coefficient (Wildman–Crippen LogP) is 1.42. The van der Waals surface area contributed by atoms with Crippen molar-refractivity contribution in [1.29, 1.82) is 0 Å². The fourth-order valence-corrected chi connectivity index (χ4v) is 4.38. The van der Waals surface area contributed by atoms with Crippen molar-refractivity contribution in [3.8, 4) is 0 Å². The first-order valence-corrected chi connectivity index (χ1v) is 10.0. The lowest BCUT2D eigenvalue weighted by Gasteiger charge is -2.33. The highest BCUT2D eigenvalue weighted by molar-refractivity contribution is 7.99. The number of nitrogens with zero attached hydrogens (tertiary/aromatic N) is 1. The molecule has 1 aromatic rings. The van der Waals surface area contributed by atoms with E-state index in [1.54, 1.807) is 0 Å². The van der Waals surface area contributed by atoms with E-state index in [1.807, 2.05) is 36.0 Å². The van der Waals surface area contributed by atoms with E-state index in [2.05, 4.69) is 15.5 Å². The lowest BCUT2D eigenvalue weighted by atomic mass is 9.96. The highest BCUT2D eigenvalue weighted by Crippen LogP contribution is 2.30. The van der Waals surface area contributed by atoms with Crippen molar-refractivity contribution in [1.82, 2.24) is 5.32 Å². The Morgan fingerprint density at radius 1 is 1.28 bits per heavy atom. The van der Waals surface area contributed by atoms with Crippen LogP contribution in [0.1, 0.15) is 19.3 Å². The van der Waals surface area contributed by atoms with E-state index < -0.39 is 0 Å². The van der Waals surface area contributed by atoms with E-state index in [-0.39, 0.29) is 23.8 Å². The Hall–Kier alpha value is -1.73. The molecule has 3 rings (SSSR count). The summed E-state index contributed by atoms with van der Waals surface area (Å²) in [5, 5.41) is 6.46. The number of hydrogen-bond donors (Lipinski definition) is 3. The highest BCUT2D eigenvalue weighted by atomic mass is 32.2. The molecule has 2 aliphatic heterocycles. The van der Waals surface area contributed by atoms with Crippen LogP contribution in [0.4, 0.5) is 11.4 Å². The number of para-hydroxylation sites is 2. The molecule has 2 heterocycles. The minimum Gasteiger partial charge on any atom is -0.370 e. The van der Waals surface area contributed by atoms with E-state index >= 15 is 0 Å². The number of benzene rings is 1. The summed E-state index contributed by atoms with van der Waals surface area (Å²) in [6.45, 7) is 2.52. The summed E-state index contributed by atoms with van der Waals surface area (Å²) in [7, 11) is 0.